The highest BCUT2D eigenvalue weighted by Crippen LogP contribution is 2.35. The van der Waals surface area contributed by atoms with Crippen LogP contribution in [0.5, 0.6) is 11.5 Å². The Morgan fingerprint density at radius 3 is 2.76 bits per heavy atom. The number of fused-ring (bicyclic) bond motifs is 1. The molecule has 4 rings (SSSR count). The van der Waals surface area contributed by atoms with Crippen molar-refractivity contribution in [2.75, 3.05) is 12.1 Å². The van der Waals surface area contributed by atoms with Crippen LogP contribution >= 0.6 is 11.6 Å². The normalized spacial score (nSPS) is 13.2. The molecule has 3 aromatic rings. The molecular weight excluding hydrogens is 401 g/mol. The second kappa shape index (κ2) is 7.56. The summed E-state index contributed by atoms with van der Waals surface area (Å²) in [6.45, 7) is 1.69. The number of amides is 1. The molecule has 7 nitrogen and oxygen atoms in total. The summed E-state index contributed by atoms with van der Waals surface area (Å²) < 4.78 is 25.0. The molecule has 0 aliphatic carbocycles. The van der Waals surface area contributed by atoms with E-state index in [4.69, 9.17) is 21.1 Å². The number of rotatable bonds is 4. The second-order valence-corrected chi connectivity index (χ2v) is 6.77. The van der Waals surface area contributed by atoms with Crippen LogP contribution in [-0.2, 0) is 4.79 Å². The molecule has 0 radical (unpaired) electrons. The lowest BCUT2D eigenvalue weighted by Crippen LogP contribution is -2.33. The fourth-order valence-electron chi connectivity index (χ4n) is 2.84. The number of nitrogens with zero attached hydrogens (tertiary/aromatic N) is 2. The minimum absolute atomic E-state index is 0.115. The third-order valence-electron chi connectivity index (χ3n) is 4.43. The van der Waals surface area contributed by atoms with Crippen molar-refractivity contribution in [3.63, 3.8) is 0 Å². The molecule has 1 amide bonds. The maximum atomic E-state index is 13.3. The standard InChI is InChI=1S/C20H15ClFN3O4/c1-11(20(27)23-13-3-4-15(22)14(21)9-13)25-19(26)7-5-16(24-25)12-2-6-17-18(8-12)29-10-28-17/h2-9,11H,10H2,1H3,(H,23,27). The van der Waals surface area contributed by atoms with Crippen molar-refractivity contribution in [2.45, 2.75) is 13.0 Å². The maximum absolute atomic E-state index is 13.3. The molecule has 2 heterocycles. The molecule has 1 aliphatic rings. The number of anilines is 1. The molecule has 9 heteroatoms. The third-order valence-corrected chi connectivity index (χ3v) is 4.72. The molecule has 1 N–H and O–H groups in total. The van der Waals surface area contributed by atoms with E-state index < -0.39 is 23.3 Å². The van der Waals surface area contributed by atoms with E-state index in [0.29, 0.717) is 28.4 Å². The number of halogens is 2. The molecule has 0 bridgehead atoms. The number of hydrogen-bond acceptors (Lipinski definition) is 5. The first-order chi connectivity index (χ1) is 13.9. The predicted octanol–water partition coefficient (Wildman–Crippen LogP) is 3.63. The maximum Gasteiger partial charge on any atom is 0.267 e. The molecule has 29 heavy (non-hydrogen) atoms. The average molecular weight is 416 g/mol. The third kappa shape index (κ3) is 3.79. The highest BCUT2D eigenvalue weighted by Gasteiger charge is 2.20. The van der Waals surface area contributed by atoms with E-state index >= 15 is 0 Å². The lowest BCUT2D eigenvalue weighted by Gasteiger charge is -2.15. The molecule has 1 aliphatic heterocycles. The van der Waals surface area contributed by atoms with Crippen LogP contribution in [0.15, 0.2) is 53.3 Å². The summed E-state index contributed by atoms with van der Waals surface area (Å²) in [5.41, 5.74) is 1.08. The van der Waals surface area contributed by atoms with Crippen LogP contribution in [0, 0.1) is 5.82 Å². The van der Waals surface area contributed by atoms with Crippen molar-refractivity contribution >= 4 is 23.2 Å². The van der Waals surface area contributed by atoms with Crippen molar-refractivity contribution in [1.29, 1.82) is 0 Å². The van der Waals surface area contributed by atoms with Crippen LogP contribution in [0.1, 0.15) is 13.0 Å². The van der Waals surface area contributed by atoms with E-state index in [-0.39, 0.29) is 11.8 Å². The molecule has 0 saturated carbocycles. The Morgan fingerprint density at radius 2 is 1.97 bits per heavy atom. The predicted molar refractivity (Wildman–Crippen MR) is 105 cm³/mol. The monoisotopic (exact) mass is 415 g/mol. The van der Waals surface area contributed by atoms with Gasteiger partial charge in [0.25, 0.3) is 5.56 Å². The molecule has 2 aromatic carbocycles. The Bertz CT molecular complexity index is 1160. The van der Waals surface area contributed by atoms with E-state index in [2.05, 4.69) is 10.4 Å². The van der Waals surface area contributed by atoms with Gasteiger partial charge in [-0.15, -0.1) is 0 Å². The first-order valence-electron chi connectivity index (χ1n) is 8.68. The first kappa shape index (κ1) is 18.9. The van der Waals surface area contributed by atoms with Crippen molar-refractivity contribution in [3.05, 3.63) is 69.7 Å². The topological polar surface area (TPSA) is 82.5 Å². The van der Waals surface area contributed by atoms with Crippen molar-refractivity contribution in [3.8, 4) is 22.8 Å². The largest absolute Gasteiger partial charge is 0.454 e. The molecule has 0 saturated heterocycles. The Kier molecular flexibility index (Phi) is 4.94. The van der Waals surface area contributed by atoms with Gasteiger partial charge in [0.2, 0.25) is 12.7 Å². The van der Waals surface area contributed by atoms with E-state index in [1.165, 1.54) is 25.1 Å². The second-order valence-electron chi connectivity index (χ2n) is 6.36. The SMILES string of the molecule is CC(C(=O)Nc1ccc(F)c(Cl)c1)n1nc(-c2ccc3c(c2)OCO3)ccc1=O. The Hall–Kier alpha value is -3.39. The van der Waals surface area contributed by atoms with Crippen molar-refractivity contribution in [1.82, 2.24) is 9.78 Å². The highest BCUT2D eigenvalue weighted by atomic mass is 35.5. The quantitative estimate of drug-likeness (QED) is 0.703. The van der Waals surface area contributed by atoms with Gasteiger partial charge in [0.1, 0.15) is 11.9 Å². The van der Waals surface area contributed by atoms with Gasteiger partial charge in [0, 0.05) is 17.3 Å². The lowest BCUT2D eigenvalue weighted by atomic mass is 10.1. The van der Waals surface area contributed by atoms with E-state index in [1.807, 2.05) is 0 Å². The molecule has 148 valence electrons. The van der Waals surface area contributed by atoms with Crippen LogP contribution < -0.4 is 20.3 Å². The zero-order chi connectivity index (χ0) is 20.5. The zero-order valence-corrected chi connectivity index (χ0v) is 15.9. The van der Waals surface area contributed by atoms with Gasteiger partial charge in [-0.3, -0.25) is 9.59 Å². The number of hydrogen-bond donors (Lipinski definition) is 1. The van der Waals surface area contributed by atoms with Gasteiger partial charge in [-0.1, -0.05) is 11.6 Å². The van der Waals surface area contributed by atoms with Gasteiger partial charge >= 0.3 is 0 Å². The van der Waals surface area contributed by atoms with E-state index in [1.54, 1.807) is 24.3 Å². The summed E-state index contributed by atoms with van der Waals surface area (Å²) in [5.74, 6) is 0.131. The minimum Gasteiger partial charge on any atom is -0.454 e. The average Bonchev–Trinajstić information content (AvgIpc) is 3.18. The summed E-state index contributed by atoms with van der Waals surface area (Å²) in [6.07, 6.45) is 0. The van der Waals surface area contributed by atoms with Gasteiger partial charge in [0.15, 0.2) is 11.5 Å². The Labute approximate surface area is 169 Å². The van der Waals surface area contributed by atoms with Gasteiger partial charge in [-0.2, -0.15) is 5.10 Å². The van der Waals surface area contributed by atoms with E-state index in [9.17, 15) is 14.0 Å². The number of ether oxygens (including phenoxy) is 2. The fraction of sp³-hybridized carbons (Fsp3) is 0.150. The van der Waals surface area contributed by atoms with Crippen molar-refractivity contribution < 1.29 is 18.7 Å². The molecule has 1 unspecified atom stereocenters. The van der Waals surface area contributed by atoms with Crippen LogP contribution in [0.4, 0.5) is 10.1 Å². The molecule has 1 atom stereocenters. The van der Waals surface area contributed by atoms with E-state index in [0.717, 1.165) is 10.7 Å². The summed E-state index contributed by atoms with van der Waals surface area (Å²) in [4.78, 5) is 24.9. The van der Waals surface area contributed by atoms with Crippen LogP contribution in [0.2, 0.25) is 5.02 Å². The number of benzene rings is 2. The number of carbonyl (C=O) groups excluding carboxylic acids is 1. The Morgan fingerprint density at radius 1 is 1.17 bits per heavy atom. The van der Waals surface area contributed by atoms with Gasteiger partial charge in [-0.25, -0.2) is 9.07 Å². The summed E-state index contributed by atoms with van der Waals surface area (Å²) in [5, 5.41) is 6.81. The van der Waals surface area contributed by atoms with Gasteiger partial charge in [-0.05, 0) is 49.4 Å². The van der Waals surface area contributed by atoms with Crippen LogP contribution in [-0.4, -0.2) is 22.5 Å². The molecule has 1 aromatic heterocycles. The number of carbonyl (C=O) groups is 1. The van der Waals surface area contributed by atoms with Gasteiger partial charge < -0.3 is 14.8 Å². The molecule has 0 spiro atoms. The Balaban J connectivity index is 1.60. The molecular formula is C20H15ClFN3O4. The smallest absolute Gasteiger partial charge is 0.267 e. The first-order valence-corrected chi connectivity index (χ1v) is 9.06. The number of nitrogens with one attached hydrogen (secondary N) is 1. The van der Waals surface area contributed by atoms with Gasteiger partial charge in [0.05, 0.1) is 10.7 Å². The minimum atomic E-state index is -0.916. The summed E-state index contributed by atoms with van der Waals surface area (Å²) in [7, 11) is 0. The lowest BCUT2D eigenvalue weighted by molar-refractivity contribution is -0.119. The van der Waals surface area contributed by atoms with Crippen LogP contribution in [0.3, 0.4) is 0 Å². The highest BCUT2D eigenvalue weighted by molar-refractivity contribution is 6.31. The fourth-order valence-corrected chi connectivity index (χ4v) is 3.02. The summed E-state index contributed by atoms with van der Waals surface area (Å²) in [6, 6.07) is 11.1. The molecule has 0 fully saturated rings. The summed E-state index contributed by atoms with van der Waals surface area (Å²) >= 11 is 5.73. The zero-order valence-electron chi connectivity index (χ0n) is 15.2. The van der Waals surface area contributed by atoms with Crippen LogP contribution in [0.25, 0.3) is 11.3 Å². The number of aromatic nitrogens is 2. The van der Waals surface area contributed by atoms with Crippen molar-refractivity contribution in [2.24, 2.45) is 0 Å².